The van der Waals surface area contributed by atoms with Crippen LogP contribution in [-0.4, -0.2) is 0 Å². The Morgan fingerprint density at radius 3 is 2.77 bits per heavy atom. The first kappa shape index (κ1) is 10.1. The highest BCUT2D eigenvalue weighted by molar-refractivity contribution is 7.80. The number of thiol groups is 1. The SMILES string of the molecule is C=C(F)/C=C/c1ccc(S)c(C)c1. The van der Waals surface area contributed by atoms with Crippen LogP contribution in [0.4, 0.5) is 4.39 Å². The van der Waals surface area contributed by atoms with Crippen LogP contribution in [0.25, 0.3) is 6.08 Å². The van der Waals surface area contributed by atoms with Crippen LogP contribution < -0.4 is 0 Å². The van der Waals surface area contributed by atoms with Crippen molar-refractivity contribution in [1.82, 2.24) is 0 Å². The topological polar surface area (TPSA) is 0 Å². The molecule has 1 aromatic carbocycles. The molecule has 1 rings (SSSR count). The van der Waals surface area contributed by atoms with Crippen molar-refractivity contribution in [2.75, 3.05) is 0 Å². The molecule has 0 spiro atoms. The van der Waals surface area contributed by atoms with E-state index in [1.165, 1.54) is 6.08 Å². The lowest BCUT2D eigenvalue weighted by molar-refractivity contribution is 0.672. The predicted octanol–water partition coefficient (Wildman–Crippen LogP) is 3.78. The molecule has 68 valence electrons. The quantitative estimate of drug-likeness (QED) is 0.537. The molecule has 0 saturated carbocycles. The molecule has 0 aliphatic rings. The third-order valence-electron chi connectivity index (χ3n) is 1.68. The first-order chi connectivity index (χ1) is 6.09. The van der Waals surface area contributed by atoms with E-state index in [0.29, 0.717) is 0 Å². The number of rotatable bonds is 2. The maximum absolute atomic E-state index is 12.3. The molecule has 0 unspecified atom stereocenters. The molecule has 0 amide bonds. The number of halogens is 1. The Bertz CT molecular complexity index is 353. The number of aryl methyl sites for hydroxylation is 1. The minimum atomic E-state index is -0.437. The molecule has 0 heterocycles. The van der Waals surface area contributed by atoms with Crippen molar-refractivity contribution in [3.8, 4) is 0 Å². The Labute approximate surface area is 83.2 Å². The van der Waals surface area contributed by atoms with Crippen LogP contribution in [0.3, 0.4) is 0 Å². The molecule has 0 radical (unpaired) electrons. The zero-order valence-electron chi connectivity index (χ0n) is 7.42. The predicted molar refractivity (Wildman–Crippen MR) is 57.7 cm³/mol. The largest absolute Gasteiger partial charge is 0.208 e. The third-order valence-corrected chi connectivity index (χ3v) is 2.18. The molecule has 0 nitrogen and oxygen atoms in total. The van der Waals surface area contributed by atoms with E-state index in [2.05, 4.69) is 19.2 Å². The molecule has 0 aromatic heterocycles. The van der Waals surface area contributed by atoms with Gasteiger partial charge >= 0.3 is 0 Å². The summed E-state index contributed by atoms with van der Waals surface area (Å²) < 4.78 is 12.3. The molecule has 1 aromatic rings. The molecule has 0 saturated heterocycles. The molecule has 0 atom stereocenters. The van der Waals surface area contributed by atoms with Crippen molar-refractivity contribution in [3.63, 3.8) is 0 Å². The average molecular weight is 194 g/mol. The fourth-order valence-corrected chi connectivity index (χ4v) is 1.11. The smallest absolute Gasteiger partial charge is 0.116 e. The van der Waals surface area contributed by atoms with Gasteiger partial charge in [0, 0.05) is 4.90 Å². The van der Waals surface area contributed by atoms with Crippen LogP contribution in [-0.2, 0) is 0 Å². The summed E-state index contributed by atoms with van der Waals surface area (Å²) in [5, 5.41) is 0. The van der Waals surface area contributed by atoms with Crippen molar-refractivity contribution in [3.05, 3.63) is 47.8 Å². The fraction of sp³-hybridized carbons (Fsp3) is 0.0909. The van der Waals surface area contributed by atoms with E-state index in [1.54, 1.807) is 6.08 Å². The summed E-state index contributed by atoms with van der Waals surface area (Å²) in [4.78, 5) is 0.941. The molecule has 0 fully saturated rings. The number of allylic oxidation sites excluding steroid dienone is 2. The van der Waals surface area contributed by atoms with Crippen LogP contribution in [0, 0.1) is 6.92 Å². The summed E-state index contributed by atoms with van der Waals surface area (Å²) in [5.41, 5.74) is 2.03. The molecule has 0 bridgehead atoms. The van der Waals surface area contributed by atoms with Gasteiger partial charge in [-0.3, -0.25) is 0 Å². The maximum Gasteiger partial charge on any atom is 0.116 e. The lowest BCUT2D eigenvalue weighted by Crippen LogP contribution is -1.78. The van der Waals surface area contributed by atoms with Crippen molar-refractivity contribution in [2.24, 2.45) is 0 Å². The molecular weight excluding hydrogens is 183 g/mol. The van der Waals surface area contributed by atoms with Gasteiger partial charge in [-0.25, -0.2) is 4.39 Å². The zero-order chi connectivity index (χ0) is 9.84. The Morgan fingerprint density at radius 2 is 2.23 bits per heavy atom. The monoisotopic (exact) mass is 194 g/mol. The minimum Gasteiger partial charge on any atom is -0.208 e. The van der Waals surface area contributed by atoms with Crippen LogP contribution in [0.5, 0.6) is 0 Å². The van der Waals surface area contributed by atoms with Gasteiger partial charge in [0.05, 0.1) is 0 Å². The van der Waals surface area contributed by atoms with Gasteiger partial charge in [0.25, 0.3) is 0 Å². The summed E-state index contributed by atoms with van der Waals surface area (Å²) >= 11 is 4.24. The van der Waals surface area contributed by atoms with Gasteiger partial charge in [-0.15, -0.1) is 12.6 Å². The van der Waals surface area contributed by atoms with Crippen molar-refractivity contribution < 1.29 is 4.39 Å². The Kier molecular flexibility index (Phi) is 3.32. The van der Waals surface area contributed by atoms with Gasteiger partial charge in [-0.05, 0) is 30.2 Å². The van der Waals surface area contributed by atoms with E-state index in [9.17, 15) is 4.39 Å². The Morgan fingerprint density at radius 1 is 1.54 bits per heavy atom. The number of hydrogen-bond donors (Lipinski definition) is 1. The minimum absolute atomic E-state index is 0.437. The van der Waals surface area contributed by atoms with Crippen molar-refractivity contribution >= 4 is 18.7 Å². The Balaban J connectivity index is 2.92. The molecule has 13 heavy (non-hydrogen) atoms. The van der Waals surface area contributed by atoms with E-state index in [1.807, 2.05) is 25.1 Å². The number of hydrogen-bond acceptors (Lipinski definition) is 1. The van der Waals surface area contributed by atoms with Crippen LogP contribution in [0.15, 0.2) is 41.6 Å². The highest BCUT2D eigenvalue weighted by atomic mass is 32.1. The second-order valence-corrected chi connectivity index (χ2v) is 3.31. The fourth-order valence-electron chi connectivity index (χ4n) is 0.969. The first-order valence-electron chi connectivity index (χ1n) is 3.91. The molecule has 0 N–H and O–H groups in total. The van der Waals surface area contributed by atoms with Gasteiger partial charge in [-0.1, -0.05) is 24.8 Å². The summed E-state index contributed by atoms with van der Waals surface area (Å²) in [6.45, 7) is 5.10. The standard InChI is InChI=1S/C11H11FS/c1-8-7-10(4-3-9(2)12)5-6-11(8)13/h3-7,13H,2H2,1H3/b4-3+. The van der Waals surface area contributed by atoms with E-state index in [-0.39, 0.29) is 0 Å². The highest BCUT2D eigenvalue weighted by Crippen LogP contribution is 2.15. The average Bonchev–Trinajstić information content (AvgIpc) is 2.07. The zero-order valence-corrected chi connectivity index (χ0v) is 8.31. The normalized spacial score (nSPS) is 10.7. The third kappa shape index (κ3) is 3.07. The van der Waals surface area contributed by atoms with E-state index >= 15 is 0 Å². The van der Waals surface area contributed by atoms with E-state index in [0.717, 1.165) is 16.0 Å². The first-order valence-corrected chi connectivity index (χ1v) is 4.36. The summed E-state index contributed by atoms with van der Waals surface area (Å²) in [6.07, 6.45) is 3.02. The molecule has 0 aliphatic carbocycles. The molecule has 2 heteroatoms. The lowest BCUT2D eigenvalue weighted by atomic mass is 10.1. The van der Waals surface area contributed by atoms with Gasteiger partial charge in [0.2, 0.25) is 0 Å². The summed E-state index contributed by atoms with van der Waals surface area (Å²) in [6, 6.07) is 5.72. The van der Waals surface area contributed by atoms with Gasteiger partial charge in [0.1, 0.15) is 5.83 Å². The summed E-state index contributed by atoms with van der Waals surface area (Å²) in [7, 11) is 0. The van der Waals surface area contributed by atoms with Gasteiger partial charge in [-0.2, -0.15) is 0 Å². The van der Waals surface area contributed by atoms with E-state index < -0.39 is 5.83 Å². The lowest BCUT2D eigenvalue weighted by Gasteiger charge is -1.99. The second kappa shape index (κ2) is 4.28. The highest BCUT2D eigenvalue weighted by Gasteiger charge is 1.93. The van der Waals surface area contributed by atoms with Crippen molar-refractivity contribution in [2.45, 2.75) is 11.8 Å². The van der Waals surface area contributed by atoms with Crippen LogP contribution in [0.1, 0.15) is 11.1 Å². The maximum atomic E-state index is 12.3. The summed E-state index contributed by atoms with van der Waals surface area (Å²) in [5.74, 6) is -0.437. The van der Waals surface area contributed by atoms with Crippen LogP contribution in [0.2, 0.25) is 0 Å². The molecule has 0 aliphatic heterocycles. The Hall–Kier alpha value is -1.02. The number of benzene rings is 1. The van der Waals surface area contributed by atoms with E-state index in [4.69, 9.17) is 0 Å². The van der Waals surface area contributed by atoms with Crippen LogP contribution >= 0.6 is 12.6 Å². The van der Waals surface area contributed by atoms with Gasteiger partial charge < -0.3 is 0 Å². The molecular formula is C11H11FS. The van der Waals surface area contributed by atoms with Gasteiger partial charge in [0.15, 0.2) is 0 Å². The second-order valence-electron chi connectivity index (χ2n) is 2.83. The van der Waals surface area contributed by atoms with Crippen molar-refractivity contribution in [1.29, 1.82) is 0 Å².